The van der Waals surface area contributed by atoms with Crippen molar-refractivity contribution >= 4 is 17.7 Å². The van der Waals surface area contributed by atoms with Gasteiger partial charge < -0.3 is 9.64 Å². The Morgan fingerprint density at radius 1 is 1.17 bits per heavy atom. The first-order valence-electron chi connectivity index (χ1n) is 8.29. The topological polar surface area (TPSA) is 29.5 Å². The summed E-state index contributed by atoms with van der Waals surface area (Å²) in [5.74, 6) is 1.79. The Balaban J connectivity index is 1.71. The van der Waals surface area contributed by atoms with E-state index in [1.54, 1.807) is 7.11 Å². The average molecular weight is 341 g/mol. The van der Waals surface area contributed by atoms with Crippen LogP contribution in [0.3, 0.4) is 0 Å². The molecule has 126 valence electrons. The van der Waals surface area contributed by atoms with Gasteiger partial charge in [0.05, 0.1) is 7.11 Å². The fourth-order valence-corrected chi connectivity index (χ4v) is 4.43. The summed E-state index contributed by atoms with van der Waals surface area (Å²) in [7, 11) is 1.62. The van der Waals surface area contributed by atoms with Gasteiger partial charge in [0.25, 0.3) is 5.91 Å². The molecule has 1 fully saturated rings. The van der Waals surface area contributed by atoms with Gasteiger partial charge in [-0.15, -0.1) is 0 Å². The van der Waals surface area contributed by atoms with E-state index < -0.39 is 0 Å². The minimum Gasteiger partial charge on any atom is -0.497 e. The molecular weight excluding hydrogens is 318 g/mol. The molecule has 0 bridgehead atoms. The zero-order valence-electron chi connectivity index (χ0n) is 14.2. The summed E-state index contributed by atoms with van der Waals surface area (Å²) >= 11 is 1.96. The van der Waals surface area contributed by atoms with Gasteiger partial charge in [0.15, 0.2) is 0 Å². The maximum absolute atomic E-state index is 12.8. The van der Waals surface area contributed by atoms with E-state index in [9.17, 15) is 4.79 Å². The van der Waals surface area contributed by atoms with Gasteiger partial charge in [-0.2, -0.15) is 11.8 Å². The summed E-state index contributed by atoms with van der Waals surface area (Å²) in [6.07, 6.45) is 0.991. The number of amides is 1. The fraction of sp³-hybridized carbons (Fsp3) is 0.350. The minimum atomic E-state index is 0.0972. The molecule has 2 aromatic carbocycles. The number of ether oxygens (including phenoxy) is 1. The Morgan fingerprint density at radius 2 is 2.00 bits per heavy atom. The van der Waals surface area contributed by atoms with Gasteiger partial charge in [-0.25, -0.2) is 0 Å². The standard InChI is InChI=1S/C20H23NO2S/c1-15-6-3-4-9-18(15)19-10-11-21(12-13-24-19)20(22)16-7-5-8-17(14-16)23-2/h3-9,14,19H,10-13H2,1-2H3. The summed E-state index contributed by atoms with van der Waals surface area (Å²) in [6.45, 7) is 3.76. The predicted octanol–water partition coefficient (Wildman–Crippen LogP) is 4.32. The lowest BCUT2D eigenvalue weighted by molar-refractivity contribution is 0.0766. The van der Waals surface area contributed by atoms with Gasteiger partial charge in [-0.05, 0) is 42.7 Å². The minimum absolute atomic E-state index is 0.0972. The van der Waals surface area contributed by atoms with E-state index in [2.05, 4.69) is 31.2 Å². The molecule has 1 unspecified atom stereocenters. The van der Waals surface area contributed by atoms with Crippen molar-refractivity contribution in [2.75, 3.05) is 26.0 Å². The number of nitrogens with zero attached hydrogens (tertiary/aromatic N) is 1. The predicted molar refractivity (Wildman–Crippen MR) is 99.9 cm³/mol. The van der Waals surface area contributed by atoms with Crippen LogP contribution in [0.1, 0.15) is 33.2 Å². The summed E-state index contributed by atoms with van der Waals surface area (Å²) in [4.78, 5) is 14.8. The van der Waals surface area contributed by atoms with Crippen LogP contribution in [0.5, 0.6) is 5.75 Å². The lowest BCUT2D eigenvalue weighted by atomic mass is 10.0. The molecule has 4 heteroatoms. The average Bonchev–Trinajstić information content (AvgIpc) is 2.87. The molecular formula is C20H23NO2S. The normalized spacial score (nSPS) is 18.1. The van der Waals surface area contributed by atoms with Gasteiger partial charge >= 0.3 is 0 Å². The summed E-state index contributed by atoms with van der Waals surface area (Å²) in [6, 6.07) is 16.0. The van der Waals surface area contributed by atoms with Crippen LogP contribution in [0.2, 0.25) is 0 Å². The highest BCUT2D eigenvalue weighted by Crippen LogP contribution is 2.36. The third kappa shape index (κ3) is 3.75. The summed E-state index contributed by atoms with van der Waals surface area (Å²) in [5.41, 5.74) is 3.44. The number of carbonyl (C=O) groups is 1. The molecule has 1 amide bonds. The maximum Gasteiger partial charge on any atom is 0.254 e. The molecule has 0 radical (unpaired) electrons. The van der Waals surface area contributed by atoms with Crippen LogP contribution in [0.15, 0.2) is 48.5 Å². The molecule has 1 aliphatic rings. The number of benzene rings is 2. The molecule has 1 heterocycles. The first kappa shape index (κ1) is 16.9. The van der Waals surface area contributed by atoms with Crippen molar-refractivity contribution in [1.29, 1.82) is 0 Å². The summed E-state index contributed by atoms with van der Waals surface area (Å²) < 4.78 is 5.23. The molecule has 1 saturated heterocycles. The Hall–Kier alpha value is -1.94. The first-order valence-corrected chi connectivity index (χ1v) is 9.34. The van der Waals surface area contributed by atoms with Crippen LogP contribution in [-0.4, -0.2) is 36.8 Å². The van der Waals surface area contributed by atoms with E-state index >= 15 is 0 Å². The maximum atomic E-state index is 12.8. The highest BCUT2D eigenvalue weighted by atomic mass is 32.2. The Labute approximate surface area is 148 Å². The molecule has 0 aliphatic carbocycles. The largest absolute Gasteiger partial charge is 0.497 e. The van der Waals surface area contributed by atoms with E-state index in [0.717, 1.165) is 31.0 Å². The number of aryl methyl sites for hydroxylation is 1. The Morgan fingerprint density at radius 3 is 2.79 bits per heavy atom. The molecule has 0 aromatic heterocycles. The van der Waals surface area contributed by atoms with Crippen LogP contribution < -0.4 is 4.74 Å². The van der Waals surface area contributed by atoms with Crippen molar-refractivity contribution in [3.05, 3.63) is 65.2 Å². The molecule has 1 aliphatic heterocycles. The van der Waals surface area contributed by atoms with Gasteiger partial charge in [0, 0.05) is 29.7 Å². The van der Waals surface area contributed by atoms with Crippen molar-refractivity contribution in [2.45, 2.75) is 18.6 Å². The molecule has 0 spiro atoms. The van der Waals surface area contributed by atoms with E-state index in [4.69, 9.17) is 4.74 Å². The number of rotatable bonds is 3. The molecule has 24 heavy (non-hydrogen) atoms. The SMILES string of the molecule is COc1cccc(C(=O)N2CCSC(c3ccccc3C)CC2)c1. The molecule has 0 N–H and O–H groups in total. The van der Waals surface area contributed by atoms with Crippen molar-refractivity contribution < 1.29 is 9.53 Å². The van der Waals surface area contributed by atoms with E-state index in [-0.39, 0.29) is 5.91 Å². The van der Waals surface area contributed by atoms with Gasteiger partial charge in [-0.1, -0.05) is 30.3 Å². The van der Waals surface area contributed by atoms with Gasteiger partial charge in [0.1, 0.15) is 5.75 Å². The van der Waals surface area contributed by atoms with Gasteiger partial charge in [-0.3, -0.25) is 4.79 Å². The molecule has 1 atom stereocenters. The van der Waals surface area contributed by atoms with Crippen molar-refractivity contribution in [1.82, 2.24) is 4.90 Å². The quantitative estimate of drug-likeness (QED) is 0.832. The third-order valence-electron chi connectivity index (χ3n) is 4.48. The zero-order valence-corrected chi connectivity index (χ0v) is 15.0. The second-order valence-electron chi connectivity index (χ2n) is 6.03. The number of hydrogen-bond acceptors (Lipinski definition) is 3. The van der Waals surface area contributed by atoms with Crippen LogP contribution in [0.25, 0.3) is 0 Å². The highest BCUT2D eigenvalue weighted by Gasteiger charge is 2.23. The number of methoxy groups -OCH3 is 1. The van der Waals surface area contributed by atoms with Crippen LogP contribution in [0.4, 0.5) is 0 Å². The Kier molecular flexibility index (Phi) is 5.46. The monoisotopic (exact) mass is 341 g/mol. The van der Waals surface area contributed by atoms with Gasteiger partial charge in [0.2, 0.25) is 0 Å². The molecule has 2 aromatic rings. The van der Waals surface area contributed by atoms with Crippen LogP contribution in [0, 0.1) is 6.92 Å². The number of thioether (sulfide) groups is 1. The van der Waals surface area contributed by atoms with Crippen molar-refractivity contribution in [2.24, 2.45) is 0 Å². The van der Waals surface area contributed by atoms with Crippen molar-refractivity contribution in [3.8, 4) is 5.75 Å². The second-order valence-corrected chi connectivity index (χ2v) is 7.34. The fourth-order valence-electron chi connectivity index (χ4n) is 3.11. The third-order valence-corrected chi connectivity index (χ3v) is 5.79. The van der Waals surface area contributed by atoms with E-state index in [1.165, 1.54) is 11.1 Å². The lowest BCUT2D eigenvalue weighted by Gasteiger charge is -2.21. The van der Waals surface area contributed by atoms with Crippen LogP contribution in [-0.2, 0) is 0 Å². The molecule has 3 nitrogen and oxygen atoms in total. The second kappa shape index (κ2) is 7.75. The first-order chi connectivity index (χ1) is 11.7. The smallest absolute Gasteiger partial charge is 0.254 e. The number of hydrogen-bond donors (Lipinski definition) is 0. The number of carbonyl (C=O) groups excluding carboxylic acids is 1. The summed E-state index contributed by atoms with van der Waals surface area (Å²) in [5, 5.41) is 0.467. The van der Waals surface area contributed by atoms with E-state index in [0.29, 0.717) is 10.8 Å². The highest BCUT2D eigenvalue weighted by molar-refractivity contribution is 7.99. The molecule has 3 rings (SSSR count). The van der Waals surface area contributed by atoms with Crippen LogP contribution >= 0.6 is 11.8 Å². The van der Waals surface area contributed by atoms with E-state index in [1.807, 2.05) is 40.9 Å². The van der Waals surface area contributed by atoms with Crippen molar-refractivity contribution in [3.63, 3.8) is 0 Å². The zero-order chi connectivity index (χ0) is 16.9. The molecule has 0 saturated carbocycles. The lowest BCUT2D eigenvalue weighted by Crippen LogP contribution is -2.32. The Bertz CT molecular complexity index is 716.